The molecule has 2 amide bonds. The Labute approximate surface area is 184 Å². The number of anilines is 1. The minimum Gasteiger partial charge on any atom is -0.438 e. The van der Waals surface area contributed by atoms with Gasteiger partial charge in [0, 0.05) is 30.3 Å². The van der Waals surface area contributed by atoms with Gasteiger partial charge in [0.15, 0.2) is 5.76 Å². The first-order valence-corrected chi connectivity index (χ1v) is 11.8. The lowest BCUT2D eigenvalue weighted by Gasteiger charge is -2.24. The van der Waals surface area contributed by atoms with Crippen molar-refractivity contribution in [3.63, 3.8) is 0 Å². The van der Waals surface area contributed by atoms with Crippen LogP contribution in [0.25, 0.3) is 0 Å². The molecule has 0 bridgehead atoms. The zero-order valence-electron chi connectivity index (χ0n) is 16.9. The summed E-state index contributed by atoms with van der Waals surface area (Å²) in [6, 6.07) is 8.06. The molecule has 162 valence electrons. The van der Waals surface area contributed by atoms with Crippen LogP contribution in [0.1, 0.15) is 35.4 Å². The smallest absolute Gasteiger partial charge is 0.289 e. The van der Waals surface area contributed by atoms with Crippen molar-refractivity contribution in [2.75, 3.05) is 32.0 Å². The summed E-state index contributed by atoms with van der Waals surface area (Å²) in [6.07, 6.45) is 2.61. The number of halogens is 1. The van der Waals surface area contributed by atoms with Crippen molar-refractivity contribution in [1.29, 1.82) is 0 Å². The van der Waals surface area contributed by atoms with Crippen LogP contribution in [-0.4, -0.2) is 56.1 Å². The average Bonchev–Trinajstić information content (AvgIpc) is 3.21. The number of carbonyl (C=O) groups excluding carboxylic acids is 2. The number of hydrogen-bond donors (Lipinski definition) is 1. The number of benzene rings is 1. The Morgan fingerprint density at radius 2 is 1.87 bits per heavy atom. The number of furan rings is 1. The van der Waals surface area contributed by atoms with Crippen LogP contribution in [0.3, 0.4) is 0 Å². The average molecular weight is 498 g/mol. The first kappa shape index (κ1) is 22.5. The molecule has 1 saturated heterocycles. The molecule has 0 radical (unpaired) electrons. The number of sulfonamides is 1. The molecule has 30 heavy (non-hydrogen) atoms. The standard InChI is InChI=1S/C20H24BrN3O5S/c1-14-12-15(21)6-7-16(14)22-18(25)13-23(2)20(26)17-8-9-19(29-17)30(27,28)24-10-4-3-5-11-24/h6-9,12H,3-5,10-11,13H2,1-2H3,(H,22,25). The maximum atomic E-state index is 12.7. The Kier molecular flexibility index (Phi) is 6.99. The van der Waals surface area contributed by atoms with Gasteiger partial charge in [0.2, 0.25) is 11.0 Å². The molecule has 1 fully saturated rings. The van der Waals surface area contributed by atoms with Crippen LogP contribution in [0.4, 0.5) is 5.69 Å². The molecule has 1 aromatic carbocycles. The van der Waals surface area contributed by atoms with Gasteiger partial charge in [0.05, 0.1) is 6.54 Å². The van der Waals surface area contributed by atoms with E-state index in [9.17, 15) is 18.0 Å². The highest BCUT2D eigenvalue weighted by molar-refractivity contribution is 9.10. The van der Waals surface area contributed by atoms with Crippen LogP contribution in [-0.2, 0) is 14.8 Å². The van der Waals surface area contributed by atoms with Crippen LogP contribution < -0.4 is 5.32 Å². The molecule has 0 spiro atoms. The SMILES string of the molecule is Cc1cc(Br)ccc1NC(=O)CN(C)C(=O)c1ccc(S(=O)(=O)N2CCCCC2)o1. The number of piperidine rings is 1. The second kappa shape index (κ2) is 9.32. The number of nitrogens with zero attached hydrogens (tertiary/aromatic N) is 2. The molecule has 1 aliphatic rings. The molecule has 0 atom stereocenters. The molecule has 2 aromatic rings. The van der Waals surface area contributed by atoms with Crippen molar-refractivity contribution >= 4 is 43.5 Å². The summed E-state index contributed by atoms with van der Waals surface area (Å²) < 4.78 is 33.0. The Morgan fingerprint density at radius 3 is 2.53 bits per heavy atom. The third-order valence-electron chi connectivity index (χ3n) is 4.89. The van der Waals surface area contributed by atoms with Gasteiger partial charge in [0.1, 0.15) is 0 Å². The predicted molar refractivity (Wildman–Crippen MR) is 116 cm³/mol. The van der Waals surface area contributed by atoms with E-state index >= 15 is 0 Å². The summed E-state index contributed by atoms with van der Waals surface area (Å²) in [6.45, 7) is 2.55. The number of amides is 2. The second-order valence-electron chi connectivity index (χ2n) is 7.25. The zero-order valence-corrected chi connectivity index (χ0v) is 19.3. The highest BCUT2D eigenvalue weighted by Gasteiger charge is 2.30. The zero-order chi connectivity index (χ0) is 21.9. The van der Waals surface area contributed by atoms with Crippen LogP contribution in [0.2, 0.25) is 0 Å². The van der Waals surface area contributed by atoms with Crippen molar-refractivity contribution in [1.82, 2.24) is 9.21 Å². The van der Waals surface area contributed by atoms with Crippen LogP contribution in [0, 0.1) is 6.92 Å². The first-order valence-electron chi connectivity index (χ1n) is 9.60. The molecular formula is C20H24BrN3O5S. The Bertz CT molecular complexity index is 1040. The monoisotopic (exact) mass is 497 g/mol. The van der Waals surface area contributed by atoms with Gasteiger partial charge in [-0.15, -0.1) is 0 Å². The highest BCUT2D eigenvalue weighted by Crippen LogP contribution is 2.23. The van der Waals surface area contributed by atoms with E-state index in [2.05, 4.69) is 21.2 Å². The van der Waals surface area contributed by atoms with Gasteiger partial charge in [-0.2, -0.15) is 4.31 Å². The molecule has 10 heteroatoms. The van der Waals surface area contributed by atoms with Crippen LogP contribution >= 0.6 is 15.9 Å². The van der Waals surface area contributed by atoms with Crippen molar-refractivity contribution in [3.8, 4) is 0 Å². The number of rotatable bonds is 6. The van der Waals surface area contributed by atoms with E-state index in [0.717, 1.165) is 29.3 Å². The van der Waals surface area contributed by atoms with Crippen molar-refractivity contribution in [2.24, 2.45) is 0 Å². The molecule has 0 aliphatic carbocycles. The number of likely N-dealkylation sites (N-methyl/N-ethyl adjacent to an activating group) is 1. The van der Waals surface area contributed by atoms with Gasteiger partial charge in [-0.3, -0.25) is 9.59 Å². The Morgan fingerprint density at radius 1 is 1.17 bits per heavy atom. The van der Waals surface area contributed by atoms with E-state index in [0.29, 0.717) is 18.8 Å². The highest BCUT2D eigenvalue weighted by atomic mass is 79.9. The van der Waals surface area contributed by atoms with Gasteiger partial charge in [-0.1, -0.05) is 22.4 Å². The minimum absolute atomic E-state index is 0.124. The van der Waals surface area contributed by atoms with Crippen molar-refractivity contribution < 1.29 is 22.4 Å². The lowest BCUT2D eigenvalue weighted by Crippen LogP contribution is -2.35. The van der Waals surface area contributed by atoms with E-state index in [1.54, 1.807) is 6.07 Å². The van der Waals surface area contributed by atoms with E-state index in [1.165, 1.54) is 28.4 Å². The molecular weight excluding hydrogens is 474 g/mol. The molecule has 8 nitrogen and oxygen atoms in total. The summed E-state index contributed by atoms with van der Waals surface area (Å²) in [5, 5.41) is 2.51. The Balaban J connectivity index is 1.64. The van der Waals surface area contributed by atoms with Crippen molar-refractivity contribution in [3.05, 3.63) is 46.1 Å². The van der Waals surface area contributed by atoms with E-state index in [4.69, 9.17) is 4.42 Å². The summed E-state index contributed by atoms with van der Waals surface area (Å²) in [5.41, 5.74) is 1.53. The van der Waals surface area contributed by atoms with Gasteiger partial charge in [-0.25, -0.2) is 8.42 Å². The van der Waals surface area contributed by atoms with E-state index in [-0.39, 0.29) is 23.3 Å². The summed E-state index contributed by atoms with van der Waals surface area (Å²) in [7, 11) is -2.30. The normalized spacial score (nSPS) is 15.0. The lowest BCUT2D eigenvalue weighted by molar-refractivity contribution is -0.116. The number of aryl methyl sites for hydroxylation is 1. The summed E-state index contributed by atoms with van der Waals surface area (Å²) in [5.74, 6) is -1.07. The van der Waals surface area contributed by atoms with Crippen molar-refractivity contribution in [2.45, 2.75) is 31.3 Å². The summed E-state index contributed by atoms with van der Waals surface area (Å²) >= 11 is 3.37. The third kappa shape index (κ3) is 5.11. The molecule has 0 unspecified atom stereocenters. The van der Waals surface area contributed by atoms with Gasteiger partial charge < -0.3 is 14.6 Å². The second-order valence-corrected chi connectivity index (χ2v) is 10.0. The van der Waals surface area contributed by atoms with Gasteiger partial charge in [-0.05, 0) is 55.7 Å². The van der Waals surface area contributed by atoms with E-state index in [1.807, 2.05) is 19.1 Å². The van der Waals surface area contributed by atoms with Crippen LogP contribution in [0.5, 0.6) is 0 Å². The maximum Gasteiger partial charge on any atom is 0.289 e. The van der Waals surface area contributed by atoms with Gasteiger partial charge >= 0.3 is 0 Å². The number of nitrogens with one attached hydrogen (secondary N) is 1. The number of hydrogen-bond acceptors (Lipinski definition) is 5. The molecule has 2 heterocycles. The van der Waals surface area contributed by atoms with E-state index < -0.39 is 15.9 Å². The third-order valence-corrected chi connectivity index (χ3v) is 7.16. The molecule has 1 aliphatic heterocycles. The maximum absolute atomic E-state index is 12.7. The van der Waals surface area contributed by atoms with Gasteiger partial charge in [0.25, 0.3) is 15.9 Å². The quantitative estimate of drug-likeness (QED) is 0.660. The molecule has 3 rings (SSSR count). The largest absolute Gasteiger partial charge is 0.438 e. The fourth-order valence-electron chi connectivity index (χ4n) is 3.24. The fourth-order valence-corrected chi connectivity index (χ4v) is 5.14. The van der Waals surface area contributed by atoms with Crippen LogP contribution in [0.15, 0.2) is 44.3 Å². The first-order chi connectivity index (χ1) is 14.2. The topological polar surface area (TPSA) is 99.9 Å². The fraction of sp³-hybridized carbons (Fsp3) is 0.400. The predicted octanol–water partition coefficient (Wildman–Crippen LogP) is 3.24. The molecule has 1 N–H and O–H groups in total. The Hall–Kier alpha value is -2.17. The molecule has 1 aromatic heterocycles. The molecule has 0 saturated carbocycles. The summed E-state index contributed by atoms with van der Waals surface area (Å²) in [4.78, 5) is 26.1. The number of carbonyl (C=O) groups is 2. The minimum atomic E-state index is -3.76. The lowest BCUT2D eigenvalue weighted by atomic mass is 10.2.